The van der Waals surface area contributed by atoms with E-state index in [9.17, 15) is 4.79 Å². The highest BCUT2D eigenvalue weighted by Gasteiger charge is 2.13. The predicted octanol–water partition coefficient (Wildman–Crippen LogP) is 3.03. The third kappa shape index (κ3) is 4.16. The zero-order valence-electron chi connectivity index (χ0n) is 12.3. The number of ether oxygens (including phenoxy) is 1. The summed E-state index contributed by atoms with van der Waals surface area (Å²) < 4.78 is 5.30. The monoisotopic (exact) mass is 304 g/mol. The molecule has 2 aromatic carbocycles. The quantitative estimate of drug-likeness (QED) is 0.405. The molecule has 0 saturated carbocycles. The number of hydrazone groups is 1. The molecule has 0 fully saturated rings. The molecule has 0 aromatic heterocycles. The fraction of sp³-hybridized carbons (Fsp3) is 0.0588. The third-order valence-electron chi connectivity index (χ3n) is 2.88. The number of hydrogen-bond donors (Lipinski definition) is 1. The lowest BCUT2D eigenvalue weighted by Crippen LogP contribution is -2.11. The van der Waals surface area contributed by atoms with Gasteiger partial charge in [-0.05, 0) is 31.2 Å². The number of carbonyl (C=O) groups is 1. The van der Waals surface area contributed by atoms with Crippen LogP contribution < -0.4 is 10.2 Å². The molecule has 112 valence electrons. The van der Waals surface area contributed by atoms with E-state index < -0.39 is 5.97 Å². The van der Waals surface area contributed by atoms with Crippen molar-refractivity contribution >= 4 is 17.4 Å². The molecule has 0 amide bonds. The second kappa shape index (κ2) is 7.39. The molecular formula is C17H12N4O2. The van der Waals surface area contributed by atoms with Crippen LogP contribution in [0.2, 0.25) is 0 Å². The van der Waals surface area contributed by atoms with Gasteiger partial charge in [0.05, 0.1) is 11.3 Å². The SMILES string of the molecule is Cc1ccc(OC(=O)c2ccccc2NN=C(C#N)C#N)cc1. The van der Waals surface area contributed by atoms with E-state index in [4.69, 9.17) is 15.3 Å². The minimum Gasteiger partial charge on any atom is -0.423 e. The van der Waals surface area contributed by atoms with Gasteiger partial charge >= 0.3 is 5.97 Å². The maximum atomic E-state index is 12.3. The highest BCUT2D eigenvalue weighted by atomic mass is 16.5. The van der Waals surface area contributed by atoms with Crippen LogP contribution in [0.15, 0.2) is 53.6 Å². The van der Waals surface area contributed by atoms with Crippen LogP contribution in [0.1, 0.15) is 15.9 Å². The summed E-state index contributed by atoms with van der Waals surface area (Å²) >= 11 is 0. The van der Waals surface area contributed by atoms with E-state index in [0.29, 0.717) is 11.4 Å². The molecule has 2 aromatic rings. The minimum absolute atomic E-state index is 0.243. The molecular weight excluding hydrogens is 292 g/mol. The summed E-state index contributed by atoms with van der Waals surface area (Å²) in [7, 11) is 0. The van der Waals surface area contributed by atoms with Gasteiger partial charge in [0.25, 0.3) is 0 Å². The van der Waals surface area contributed by atoms with Crippen molar-refractivity contribution in [2.45, 2.75) is 6.92 Å². The van der Waals surface area contributed by atoms with Crippen molar-refractivity contribution in [3.8, 4) is 17.9 Å². The van der Waals surface area contributed by atoms with Gasteiger partial charge in [0.2, 0.25) is 5.71 Å². The molecule has 0 bridgehead atoms. The molecule has 0 aliphatic rings. The maximum Gasteiger partial charge on any atom is 0.345 e. The Balaban J connectivity index is 2.21. The third-order valence-corrected chi connectivity index (χ3v) is 2.88. The molecule has 2 rings (SSSR count). The lowest BCUT2D eigenvalue weighted by molar-refractivity contribution is 0.0735. The summed E-state index contributed by atoms with van der Waals surface area (Å²) in [6, 6.07) is 16.9. The van der Waals surface area contributed by atoms with Crippen molar-refractivity contribution in [1.29, 1.82) is 10.5 Å². The molecule has 0 atom stereocenters. The largest absolute Gasteiger partial charge is 0.423 e. The maximum absolute atomic E-state index is 12.3. The van der Waals surface area contributed by atoms with Gasteiger partial charge < -0.3 is 4.74 Å². The minimum atomic E-state index is -0.567. The van der Waals surface area contributed by atoms with Crippen molar-refractivity contribution in [2.75, 3.05) is 5.43 Å². The molecule has 6 heteroatoms. The lowest BCUT2D eigenvalue weighted by Gasteiger charge is -2.08. The van der Waals surface area contributed by atoms with Crippen LogP contribution in [0.5, 0.6) is 5.75 Å². The average Bonchev–Trinajstić information content (AvgIpc) is 2.58. The number of hydrogen-bond acceptors (Lipinski definition) is 6. The van der Waals surface area contributed by atoms with Gasteiger partial charge in [0.1, 0.15) is 17.9 Å². The van der Waals surface area contributed by atoms with E-state index in [1.54, 1.807) is 48.5 Å². The highest BCUT2D eigenvalue weighted by Crippen LogP contribution is 2.19. The van der Waals surface area contributed by atoms with E-state index >= 15 is 0 Å². The Morgan fingerprint density at radius 3 is 2.39 bits per heavy atom. The van der Waals surface area contributed by atoms with Crippen LogP contribution in [0, 0.1) is 29.6 Å². The topological polar surface area (TPSA) is 98.3 Å². The standard InChI is InChI=1S/C17H12N4O2/c1-12-6-8-14(9-7-12)23-17(22)15-4-2-3-5-16(15)21-20-13(10-18)11-19/h2-9,21H,1H3. The number of carbonyl (C=O) groups excluding carboxylic acids is 1. The molecule has 0 saturated heterocycles. The van der Waals surface area contributed by atoms with Crippen LogP contribution in [0.4, 0.5) is 5.69 Å². The van der Waals surface area contributed by atoms with Crippen molar-refractivity contribution in [1.82, 2.24) is 0 Å². The smallest absolute Gasteiger partial charge is 0.345 e. The Hall–Kier alpha value is -3.64. The number of anilines is 1. The first kappa shape index (κ1) is 15.7. The Kier molecular flexibility index (Phi) is 5.06. The van der Waals surface area contributed by atoms with Gasteiger partial charge in [-0.15, -0.1) is 0 Å². The van der Waals surface area contributed by atoms with Gasteiger partial charge in [0, 0.05) is 0 Å². The predicted molar refractivity (Wildman–Crippen MR) is 84.9 cm³/mol. The number of nitriles is 2. The average molecular weight is 304 g/mol. The number of para-hydroxylation sites is 1. The first-order chi connectivity index (χ1) is 11.1. The normalized spacial score (nSPS) is 9.17. The fourth-order valence-corrected chi connectivity index (χ4v) is 1.72. The first-order valence-corrected chi connectivity index (χ1v) is 6.66. The molecule has 6 nitrogen and oxygen atoms in total. The van der Waals surface area contributed by atoms with Crippen molar-refractivity contribution in [3.05, 3.63) is 59.7 Å². The summed E-state index contributed by atoms with van der Waals surface area (Å²) in [6.07, 6.45) is 0. The first-order valence-electron chi connectivity index (χ1n) is 6.66. The van der Waals surface area contributed by atoms with Crippen LogP contribution >= 0.6 is 0 Å². The van der Waals surface area contributed by atoms with E-state index in [1.807, 2.05) is 19.1 Å². The molecule has 0 unspecified atom stereocenters. The second-order valence-electron chi connectivity index (χ2n) is 4.54. The Morgan fingerprint density at radius 2 is 1.74 bits per heavy atom. The molecule has 0 aliphatic carbocycles. The van der Waals surface area contributed by atoms with Crippen molar-refractivity contribution < 1.29 is 9.53 Å². The summed E-state index contributed by atoms with van der Waals surface area (Å²) in [5.41, 5.74) is 3.83. The van der Waals surface area contributed by atoms with Crippen molar-refractivity contribution in [2.24, 2.45) is 5.10 Å². The molecule has 0 radical (unpaired) electrons. The summed E-state index contributed by atoms with van der Waals surface area (Å²) in [6.45, 7) is 1.94. The Bertz CT molecular complexity index is 811. The summed E-state index contributed by atoms with van der Waals surface area (Å²) in [5, 5.41) is 21.0. The molecule has 0 heterocycles. The molecule has 0 spiro atoms. The van der Waals surface area contributed by atoms with E-state index in [-0.39, 0.29) is 11.3 Å². The van der Waals surface area contributed by atoms with Gasteiger partial charge in [0.15, 0.2) is 0 Å². The van der Waals surface area contributed by atoms with Gasteiger partial charge in [-0.25, -0.2) is 4.79 Å². The van der Waals surface area contributed by atoms with Crippen LogP contribution in [0.25, 0.3) is 0 Å². The van der Waals surface area contributed by atoms with E-state index in [1.165, 1.54) is 0 Å². The second-order valence-corrected chi connectivity index (χ2v) is 4.54. The number of rotatable bonds is 4. The van der Waals surface area contributed by atoms with Gasteiger partial charge in [-0.2, -0.15) is 15.6 Å². The zero-order valence-corrected chi connectivity index (χ0v) is 12.3. The highest BCUT2D eigenvalue weighted by molar-refractivity contribution is 6.10. The van der Waals surface area contributed by atoms with Crippen LogP contribution in [0.3, 0.4) is 0 Å². The lowest BCUT2D eigenvalue weighted by atomic mass is 10.2. The van der Waals surface area contributed by atoms with Gasteiger partial charge in [-0.1, -0.05) is 29.8 Å². The number of aryl methyl sites for hydroxylation is 1. The Morgan fingerprint density at radius 1 is 1.09 bits per heavy atom. The van der Waals surface area contributed by atoms with Crippen molar-refractivity contribution in [3.63, 3.8) is 0 Å². The van der Waals surface area contributed by atoms with Gasteiger partial charge in [-0.3, -0.25) is 5.43 Å². The number of nitrogens with zero attached hydrogens (tertiary/aromatic N) is 3. The summed E-state index contributed by atoms with van der Waals surface area (Å²) in [4.78, 5) is 12.3. The fourth-order valence-electron chi connectivity index (χ4n) is 1.72. The Labute approximate surface area is 133 Å². The molecule has 1 N–H and O–H groups in total. The zero-order chi connectivity index (χ0) is 16.7. The number of benzene rings is 2. The van der Waals surface area contributed by atoms with Crippen LogP contribution in [-0.2, 0) is 0 Å². The molecule has 23 heavy (non-hydrogen) atoms. The number of nitrogens with one attached hydrogen (secondary N) is 1. The van der Waals surface area contributed by atoms with Crippen LogP contribution in [-0.4, -0.2) is 11.7 Å². The van der Waals surface area contributed by atoms with E-state index in [2.05, 4.69) is 10.5 Å². The van der Waals surface area contributed by atoms with E-state index in [0.717, 1.165) is 5.56 Å². The number of esters is 1. The summed E-state index contributed by atoms with van der Waals surface area (Å²) in [5.74, 6) is -0.142. The molecule has 0 aliphatic heterocycles.